The zero-order valence-corrected chi connectivity index (χ0v) is 23.5. The lowest BCUT2D eigenvalue weighted by Gasteiger charge is -2.11. The SMILES string of the molecule is N#Cc1ccc(COc2cccc(-c3cc(F)c(Cc4nc5ccc(C(=O)O)cc5n4Cc4nccs4)cc3F)n2)c(F)c1. The predicted molar refractivity (Wildman–Crippen MR) is 156 cm³/mol. The third kappa shape index (κ3) is 5.86. The van der Waals surface area contributed by atoms with Crippen LogP contribution in [0, 0.1) is 28.8 Å². The number of halogens is 3. The smallest absolute Gasteiger partial charge is 0.335 e. The van der Waals surface area contributed by atoms with E-state index in [2.05, 4.69) is 15.0 Å². The fourth-order valence-corrected chi connectivity index (χ4v) is 5.31. The van der Waals surface area contributed by atoms with E-state index < -0.39 is 23.4 Å². The molecule has 0 unspecified atom stereocenters. The predicted octanol–water partition coefficient (Wildman–Crippen LogP) is 6.76. The number of fused-ring (bicyclic) bond motifs is 1. The van der Waals surface area contributed by atoms with E-state index in [9.17, 15) is 14.3 Å². The molecule has 6 aromatic rings. The lowest BCUT2D eigenvalue weighted by atomic mass is 10.0. The van der Waals surface area contributed by atoms with Gasteiger partial charge in [-0.2, -0.15) is 5.26 Å². The van der Waals surface area contributed by atoms with E-state index in [0.717, 1.165) is 23.2 Å². The average Bonchev–Trinajstić information content (AvgIpc) is 3.66. The van der Waals surface area contributed by atoms with Crippen LogP contribution in [0.2, 0.25) is 0 Å². The van der Waals surface area contributed by atoms with Crippen LogP contribution in [0.3, 0.4) is 0 Å². The molecular formula is C32H20F3N5O3S. The number of thiazole rings is 1. The number of carboxylic acid groups (broad SMARTS) is 1. The lowest BCUT2D eigenvalue weighted by molar-refractivity contribution is 0.0697. The minimum Gasteiger partial charge on any atom is -0.478 e. The van der Waals surface area contributed by atoms with E-state index >= 15 is 8.78 Å². The number of pyridine rings is 1. The van der Waals surface area contributed by atoms with E-state index in [4.69, 9.17) is 10.00 Å². The molecule has 0 aliphatic rings. The van der Waals surface area contributed by atoms with Crippen LogP contribution in [0.25, 0.3) is 22.3 Å². The second-order valence-corrected chi connectivity index (χ2v) is 10.7. The second kappa shape index (κ2) is 12.0. The summed E-state index contributed by atoms with van der Waals surface area (Å²) in [6.07, 6.45) is 1.58. The van der Waals surface area contributed by atoms with Crippen molar-refractivity contribution in [1.29, 1.82) is 5.26 Å². The van der Waals surface area contributed by atoms with Crippen molar-refractivity contribution >= 4 is 28.3 Å². The van der Waals surface area contributed by atoms with E-state index in [0.29, 0.717) is 16.9 Å². The van der Waals surface area contributed by atoms with Gasteiger partial charge in [0.05, 0.1) is 40.5 Å². The summed E-state index contributed by atoms with van der Waals surface area (Å²) in [5, 5.41) is 20.9. The first-order valence-electron chi connectivity index (χ1n) is 13.2. The number of hydrogen-bond donors (Lipinski definition) is 1. The van der Waals surface area contributed by atoms with Gasteiger partial charge in [0, 0.05) is 35.2 Å². The third-order valence-electron chi connectivity index (χ3n) is 6.89. The van der Waals surface area contributed by atoms with Crippen molar-refractivity contribution in [3.8, 4) is 23.2 Å². The molecule has 3 heterocycles. The van der Waals surface area contributed by atoms with Gasteiger partial charge in [-0.15, -0.1) is 11.3 Å². The van der Waals surface area contributed by atoms with Gasteiger partial charge >= 0.3 is 5.97 Å². The van der Waals surface area contributed by atoms with Crippen molar-refractivity contribution in [2.75, 3.05) is 0 Å². The normalized spacial score (nSPS) is 11.0. The van der Waals surface area contributed by atoms with Gasteiger partial charge < -0.3 is 14.4 Å². The Labute approximate surface area is 252 Å². The summed E-state index contributed by atoms with van der Waals surface area (Å²) in [5.74, 6) is -2.62. The Bertz CT molecular complexity index is 2070. The minimum atomic E-state index is -1.09. The van der Waals surface area contributed by atoms with Gasteiger partial charge in [-0.1, -0.05) is 12.1 Å². The summed E-state index contributed by atoms with van der Waals surface area (Å²) in [6.45, 7) is 0.0948. The van der Waals surface area contributed by atoms with Crippen LogP contribution >= 0.6 is 11.3 Å². The molecule has 218 valence electrons. The molecule has 0 bridgehead atoms. The number of rotatable bonds is 9. The maximum absolute atomic E-state index is 15.5. The van der Waals surface area contributed by atoms with Crippen LogP contribution in [0.1, 0.15) is 37.9 Å². The highest BCUT2D eigenvalue weighted by Gasteiger charge is 2.19. The number of nitrogens with zero attached hydrogens (tertiary/aromatic N) is 5. The standard InChI is InChI=1S/C32H20F3N5O3S/c33-23-10-18(15-36)4-5-20(23)17-43-30-3-1-2-26(39-30)22-14-24(34)21(11-25(22)35)13-29-38-27-7-6-19(32(41)42)12-28(27)40(29)16-31-37-8-9-44-31/h1-12,14H,13,16-17H2,(H,41,42). The Kier molecular flexibility index (Phi) is 7.78. The number of ether oxygens (including phenoxy) is 1. The Morgan fingerprint density at radius 1 is 0.977 bits per heavy atom. The molecule has 8 nitrogen and oxygen atoms in total. The Morgan fingerprint density at radius 2 is 1.82 bits per heavy atom. The van der Waals surface area contributed by atoms with Crippen molar-refractivity contribution in [2.45, 2.75) is 19.6 Å². The number of carboxylic acids is 1. The molecule has 0 spiro atoms. The van der Waals surface area contributed by atoms with Gasteiger partial charge in [-0.05, 0) is 54.1 Å². The molecule has 0 aliphatic heterocycles. The van der Waals surface area contributed by atoms with E-state index in [1.807, 2.05) is 11.4 Å². The minimum absolute atomic E-state index is 0.0455. The second-order valence-electron chi connectivity index (χ2n) is 9.72. The molecule has 12 heteroatoms. The highest BCUT2D eigenvalue weighted by atomic mass is 32.1. The summed E-state index contributed by atoms with van der Waals surface area (Å²) in [6, 6.07) is 17.1. The molecule has 1 N–H and O–H groups in total. The zero-order chi connectivity index (χ0) is 30.8. The average molecular weight is 612 g/mol. The summed E-state index contributed by atoms with van der Waals surface area (Å²) in [5.41, 5.74) is 1.58. The molecular weight excluding hydrogens is 591 g/mol. The monoisotopic (exact) mass is 611 g/mol. The van der Waals surface area contributed by atoms with Crippen LogP contribution < -0.4 is 4.74 Å². The largest absolute Gasteiger partial charge is 0.478 e. The number of aromatic carboxylic acids is 1. The van der Waals surface area contributed by atoms with Gasteiger partial charge in [-0.3, -0.25) is 0 Å². The molecule has 3 aromatic carbocycles. The molecule has 0 saturated heterocycles. The maximum Gasteiger partial charge on any atom is 0.335 e. The molecule has 0 radical (unpaired) electrons. The molecule has 44 heavy (non-hydrogen) atoms. The summed E-state index contributed by atoms with van der Waals surface area (Å²) in [4.78, 5) is 24.8. The zero-order valence-electron chi connectivity index (χ0n) is 22.7. The number of benzene rings is 3. The topological polar surface area (TPSA) is 114 Å². The van der Waals surface area contributed by atoms with Crippen molar-refractivity contribution in [1.82, 2.24) is 19.5 Å². The third-order valence-corrected chi connectivity index (χ3v) is 7.66. The van der Waals surface area contributed by atoms with Crippen molar-refractivity contribution < 1.29 is 27.8 Å². The summed E-state index contributed by atoms with van der Waals surface area (Å²) < 4.78 is 52.5. The van der Waals surface area contributed by atoms with E-state index in [1.165, 1.54) is 47.7 Å². The number of hydrogen-bond acceptors (Lipinski definition) is 7. The lowest BCUT2D eigenvalue weighted by Crippen LogP contribution is -2.08. The maximum atomic E-state index is 15.5. The van der Waals surface area contributed by atoms with Gasteiger partial charge in [0.2, 0.25) is 5.88 Å². The Hall–Kier alpha value is -5.54. The van der Waals surface area contributed by atoms with Crippen molar-refractivity contribution in [2.24, 2.45) is 0 Å². The van der Waals surface area contributed by atoms with Crippen LogP contribution in [-0.2, 0) is 19.6 Å². The van der Waals surface area contributed by atoms with Gasteiger partial charge in [0.25, 0.3) is 0 Å². The van der Waals surface area contributed by atoms with Crippen LogP contribution in [0.4, 0.5) is 13.2 Å². The number of imidazole rings is 1. The Morgan fingerprint density at radius 3 is 2.57 bits per heavy atom. The highest BCUT2D eigenvalue weighted by molar-refractivity contribution is 7.09. The number of nitriles is 1. The van der Waals surface area contributed by atoms with Gasteiger partial charge in [-0.25, -0.2) is 32.9 Å². The molecule has 0 saturated carbocycles. The number of carbonyl (C=O) groups is 1. The molecule has 0 atom stereocenters. The van der Waals surface area contributed by atoms with Crippen molar-refractivity contribution in [3.05, 3.63) is 129 Å². The van der Waals surface area contributed by atoms with Gasteiger partial charge in [0.15, 0.2) is 0 Å². The first-order chi connectivity index (χ1) is 21.3. The fraction of sp³-hybridized carbons (Fsp3) is 0.0938. The highest BCUT2D eigenvalue weighted by Crippen LogP contribution is 2.29. The van der Waals surface area contributed by atoms with Crippen molar-refractivity contribution in [3.63, 3.8) is 0 Å². The van der Waals surface area contributed by atoms with Crippen LogP contribution in [0.15, 0.2) is 78.3 Å². The fourth-order valence-electron chi connectivity index (χ4n) is 4.70. The molecule has 0 amide bonds. The summed E-state index contributed by atoms with van der Waals surface area (Å²) >= 11 is 1.41. The van der Waals surface area contributed by atoms with Crippen LogP contribution in [-0.4, -0.2) is 30.6 Å². The van der Waals surface area contributed by atoms with Gasteiger partial charge in [0.1, 0.15) is 34.9 Å². The molecule has 3 aromatic heterocycles. The van der Waals surface area contributed by atoms with Crippen LogP contribution in [0.5, 0.6) is 5.88 Å². The van der Waals surface area contributed by atoms with E-state index in [-0.39, 0.29) is 59.0 Å². The molecule has 0 aliphatic carbocycles. The summed E-state index contributed by atoms with van der Waals surface area (Å²) in [7, 11) is 0. The quantitative estimate of drug-likeness (QED) is 0.192. The Balaban J connectivity index is 1.28. The van der Waals surface area contributed by atoms with E-state index in [1.54, 1.807) is 22.9 Å². The molecule has 0 fully saturated rings. The first-order valence-corrected chi connectivity index (χ1v) is 14.0. The number of aromatic nitrogens is 4. The first kappa shape index (κ1) is 28.6. The molecule has 6 rings (SSSR count).